The highest BCUT2D eigenvalue weighted by Gasteiger charge is 2.37. The molecule has 3 aromatic heterocycles. The maximum Gasteiger partial charge on any atom is 0.408 e. The molecule has 0 saturated heterocycles. The number of hydrogen-bond donors (Lipinski definition) is 1. The first kappa shape index (κ1) is 18.4. The summed E-state index contributed by atoms with van der Waals surface area (Å²) in [4.78, 5) is 19.7. The van der Waals surface area contributed by atoms with E-state index in [-0.39, 0.29) is 22.8 Å². The highest BCUT2D eigenvalue weighted by molar-refractivity contribution is 5.93. The molecule has 3 rings (SSSR count). The molecule has 0 bridgehead atoms. The Morgan fingerprint density at radius 3 is 2.70 bits per heavy atom. The molecule has 0 unspecified atom stereocenters. The number of fused-ring (bicyclic) bond motifs is 1. The van der Waals surface area contributed by atoms with E-state index < -0.39 is 18.1 Å². The Morgan fingerprint density at radius 2 is 2.07 bits per heavy atom. The number of carbonyl (C=O) groups is 1. The minimum atomic E-state index is -4.57. The molecule has 3 aromatic rings. The number of alkyl halides is 3. The van der Waals surface area contributed by atoms with Gasteiger partial charge < -0.3 is 9.73 Å². The second-order valence-corrected chi connectivity index (χ2v) is 6.01. The number of halogens is 3. The van der Waals surface area contributed by atoms with Crippen LogP contribution in [0.4, 0.5) is 18.9 Å². The van der Waals surface area contributed by atoms with Crippen LogP contribution in [-0.2, 0) is 0 Å². The summed E-state index contributed by atoms with van der Waals surface area (Å²) in [7, 11) is 0. The smallest absolute Gasteiger partial charge is 0.408 e. The number of furan rings is 1. The molecule has 0 aliphatic rings. The number of aryl methyl sites for hydroxylation is 2. The Labute approximate surface area is 151 Å². The van der Waals surface area contributed by atoms with Crippen LogP contribution in [0.3, 0.4) is 0 Å². The van der Waals surface area contributed by atoms with E-state index in [0.29, 0.717) is 17.0 Å². The van der Waals surface area contributed by atoms with Crippen molar-refractivity contribution in [2.24, 2.45) is 0 Å². The molecule has 0 saturated carbocycles. The van der Waals surface area contributed by atoms with Gasteiger partial charge in [0.15, 0.2) is 17.1 Å². The predicted octanol–water partition coefficient (Wildman–Crippen LogP) is 3.84. The summed E-state index contributed by atoms with van der Waals surface area (Å²) in [5, 5.41) is 6.14. The zero-order valence-corrected chi connectivity index (χ0v) is 14.5. The number of hydrogen-bond acceptors (Lipinski definition) is 4. The lowest BCUT2D eigenvalue weighted by Crippen LogP contribution is -2.43. The third-order valence-corrected chi connectivity index (χ3v) is 3.91. The number of rotatable bonds is 3. The average Bonchev–Trinajstić information content (AvgIpc) is 3.17. The molecule has 10 heteroatoms. The molecule has 3 heterocycles. The fourth-order valence-electron chi connectivity index (χ4n) is 2.51. The van der Waals surface area contributed by atoms with E-state index in [2.05, 4.69) is 14.9 Å². The molecule has 7 nitrogen and oxygen atoms in total. The first-order valence-corrected chi connectivity index (χ1v) is 7.83. The van der Waals surface area contributed by atoms with Crippen molar-refractivity contribution in [3.05, 3.63) is 46.8 Å². The number of imidazole rings is 1. The second-order valence-electron chi connectivity index (χ2n) is 6.01. The van der Waals surface area contributed by atoms with Gasteiger partial charge in [-0.25, -0.2) is 14.3 Å². The summed E-state index contributed by atoms with van der Waals surface area (Å²) in [5.41, 5.74) is 1.30. The Kier molecular flexibility index (Phi) is 4.39. The standard InChI is InChI=1S/C17H14F3N5O2/c1-8-5-12(14-11(21-4)6-9(2)27-14)24-25-13(7-22-15(8)25)16(26)23-10(3)17(18,19)20/h5-7,10H,1-3H3,(H,23,26)/t10-/m1/s1. The number of nitrogens with zero attached hydrogens (tertiary/aromatic N) is 4. The number of aromatic nitrogens is 3. The third-order valence-electron chi connectivity index (χ3n) is 3.91. The Bertz CT molecular complexity index is 1070. The molecular weight excluding hydrogens is 363 g/mol. The molecule has 27 heavy (non-hydrogen) atoms. The molecule has 0 spiro atoms. The van der Waals surface area contributed by atoms with Crippen LogP contribution in [0.2, 0.25) is 0 Å². The largest absolute Gasteiger partial charge is 0.472 e. The van der Waals surface area contributed by atoms with Crippen molar-refractivity contribution in [1.29, 1.82) is 0 Å². The lowest BCUT2D eigenvalue weighted by atomic mass is 10.2. The van der Waals surface area contributed by atoms with E-state index in [0.717, 1.165) is 17.6 Å². The summed E-state index contributed by atoms with van der Waals surface area (Å²) in [6, 6.07) is 1.16. The number of nitrogens with one attached hydrogen (secondary N) is 1. The van der Waals surface area contributed by atoms with E-state index in [9.17, 15) is 18.0 Å². The van der Waals surface area contributed by atoms with Gasteiger partial charge in [-0.15, -0.1) is 0 Å². The van der Waals surface area contributed by atoms with E-state index >= 15 is 0 Å². The molecule has 0 fully saturated rings. The van der Waals surface area contributed by atoms with Crippen molar-refractivity contribution in [3.8, 4) is 11.5 Å². The minimum absolute atomic E-state index is 0.154. The monoisotopic (exact) mass is 377 g/mol. The lowest BCUT2D eigenvalue weighted by Gasteiger charge is -2.16. The predicted molar refractivity (Wildman–Crippen MR) is 89.4 cm³/mol. The van der Waals surface area contributed by atoms with Gasteiger partial charge in [0.2, 0.25) is 5.69 Å². The zero-order valence-electron chi connectivity index (χ0n) is 14.5. The summed E-state index contributed by atoms with van der Waals surface area (Å²) in [6.07, 6.45) is -3.42. The molecule has 1 atom stereocenters. The second kappa shape index (κ2) is 6.42. The summed E-state index contributed by atoms with van der Waals surface area (Å²) in [5.74, 6) is -0.230. The Morgan fingerprint density at radius 1 is 1.37 bits per heavy atom. The Hall–Kier alpha value is -3.35. The van der Waals surface area contributed by atoms with Gasteiger partial charge in [0.1, 0.15) is 11.7 Å². The van der Waals surface area contributed by atoms with Crippen molar-refractivity contribution in [3.63, 3.8) is 0 Å². The topological polar surface area (TPSA) is 76.8 Å². The maximum atomic E-state index is 12.7. The summed E-state index contributed by atoms with van der Waals surface area (Å²) >= 11 is 0. The van der Waals surface area contributed by atoms with E-state index in [1.807, 2.05) is 5.32 Å². The van der Waals surface area contributed by atoms with E-state index in [4.69, 9.17) is 11.0 Å². The lowest BCUT2D eigenvalue weighted by molar-refractivity contribution is -0.149. The molecule has 1 N–H and O–H groups in total. The fraction of sp³-hybridized carbons (Fsp3) is 0.294. The van der Waals surface area contributed by atoms with Crippen molar-refractivity contribution < 1.29 is 22.4 Å². The van der Waals surface area contributed by atoms with Gasteiger partial charge >= 0.3 is 6.18 Å². The van der Waals surface area contributed by atoms with Gasteiger partial charge in [0.05, 0.1) is 18.5 Å². The van der Waals surface area contributed by atoms with Crippen LogP contribution >= 0.6 is 0 Å². The van der Waals surface area contributed by atoms with Gasteiger partial charge in [-0.3, -0.25) is 4.79 Å². The highest BCUT2D eigenvalue weighted by Crippen LogP contribution is 2.33. The van der Waals surface area contributed by atoms with Crippen LogP contribution in [-0.4, -0.2) is 32.7 Å². The number of amides is 1. The van der Waals surface area contributed by atoms with Gasteiger partial charge in [-0.1, -0.05) is 0 Å². The van der Waals surface area contributed by atoms with Crippen molar-refractivity contribution in [2.75, 3.05) is 0 Å². The highest BCUT2D eigenvalue weighted by atomic mass is 19.4. The van der Waals surface area contributed by atoms with Crippen LogP contribution in [0, 0.1) is 20.4 Å². The van der Waals surface area contributed by atoms with Gasteiger partial charge in [-0.2, -0.15) is 18.3 Å². The first-order chi connectivity index (χ1) is 12.6. The Balaban J connectivity index is 2.08. The molecule has 140 valence electrons. The molecule has 0 radical (unpaired) electrons. The van der Waals surface area contributed by atoms with Gasteiger partial charge in [0.25, 0.3) is 5.91 Å². The van der Waals surface area contributed by atoms with E-state index in [1.165, 1.54) is 0 Å². The van der Waals surface area contributed by atoms with Crippen molar-refractivity contribution in [2.45, 2.75) is 33.0 Å². The molecular formula is C17H14F3N5O2. The number of carbonyl (C=O) groups excluding carboxylic acids is 1. The van der Waals surface area contributed by atoms with Crippen molar-refractivity contribution >= 4 is 17.2 Å². The fourth-order valence-corrected chi connectivity index (χ4v) is 2.51. The van der Waals surface area contributed by atoms with Crippen LogP contribution in [0.15, 0.2) is 22.7 Å². The minimum Gasteiger partial charge on any atom is -0.472 e. The average molecular weight is 377 g/mol. The van der Waals surface area contributed by atoms with E-state index in [1.54, 1.807) is 26.0 Å². The van der Waals surface area contributed by atoms with Gasteiger partial charge in [-0.05, 0) is 38.5 Å². The molecule has 0 aromatic carbocycles. The van der Waals surface area contributed by atoms with Crippen LogP contribution < -0.4 is 5.32 Å². The summed E-state index contributed by atoms with van der Waals surface area (Å²) in [6.45, 7) is 11.5. The molecule has 0 aliphatic heterocycles. The van der Waals surface area contributed by atoms with Crippen LogP contribution in [0.25, 0.3) is 21.9 Å². The first-order valence-electron chi connectivity index (χ1n) is 7.83. The molecule has 1 amide bonds. The normalized spacial score (nSPS) is 12.8. The quantitative estimate of drug-likeness (QED) is 0.704. The zero-order chi connectivity index (χ0) is 19.9. The van der Waals surface area contributed by atoms with Gasteiger partial charge in [0, 0.05) is 0 Å². The summed E-state index contributed by atoms with van der Waals surface area (Å²) < 4.78 is 44.8. The van der Waals surface area contributed by atoms with Crippen molar-refractivity contribution in [1.82, 2.24) is 19.9 Å². The third kappa shape index (κ3) is 3.36. The van der Waals surface area contributed by atoms with Crippen LogP contribution in [0.1, 0.15) is 28.7 Å². The maximum absolute atomic E-state index is 12.7. The molecule has 0 aliphatic carbocycles. The van der Waals surface area contributed by atoms with Crippen LogP contribution in [0.5, 0.6) is 0 Å². The SMILES string of the molecule is [C-]#[N+]c1cc(C)oc1-c1cc(C)c2ncc(C(=O)N[C@H](C)C(F)(F)F)n2n1.